The Balaban J connectivity index is 1.52. The van der Waals surface area contributed by atoms with Gasteiger partial charge in [-0.2, -0.15) is 5.10 Å². The maximum Gasteiger partial charge on any atom is 0.227 e. The smallest absolute Gasteiger partial charge is 0.227 e. The molecular formula is C13H14N4O. The van der Waals surface area contributed by atoms with Crippen molar-refractivity contribution in [3.63, 3.8) is 0 Å². The van der Waals surface area contributed by atoms with Crippen LogP contribution in [0.25, 0.3) is 0 Å². The normalized spacial score (nSPS) is 16.8. The molecule has 0 aliphatic heterocycles. The van der Waals surface area contributed by atoms with E-state index in [1.54, 1.807) is 0 Å². The largest absolute Gasteiger partial charge is 0.355 e. The van der Waals surface area contributed by atoms with Crippen LogP contribution < -0.4 is 5.32 Å². The van der Waals surface area contributed by atoms with Crippen LogP contribution in [-0.2, 0) is 17.6 Å². The van der Waals surface area contributed by atoms with Gasteiger partial charge in [-0.25, -0.2) is 4.98 Å². The van der Waals surface area contributed by atoms with E-state index in [-0.39, 0.29) is 11.8 Å². The second kappa shape index (κ2) is 4.60. The summed E-state index contributed by atoms with van der Waals surface area (Å²) in [7, 11) is 0. The zero-order valence-corrected chi connectivity index (χ0v) is 9.89. The molecule has 5 nitrogen and oxygen atoms in total. The van der Waals surface area contributed by atoms with E-state index in [0.717, 1.165) is 17.8 Å². The predicted octanol–water partition coefficient (Wildman–Crippen LogP) is 0.803. The molecule has 5 heteroatoms. The lowest BCUT2D eigenvalue weighted by Gasteiger charge is -2.28. The minimum absolute atomic E-state index is 0.0240. The molecule has 2 N–H and O–H groups in total. The number of aromatic amines is 1. The summed E-state index contributed by atoms with van der Waals surface area (Å²) in [6, 6.07) is 8.09. The van der Waals surface area contributed by atoms with Crippen molar-refractivity contribution in [2.24, 2.45) is 0 Å². The van der Waals surface area contributed by atoms with Crippen molar-refractivity contribution in [3.05, 3.63) is 47.5 Å². The number of benzene rings is 1. The summed E-state index contributed by atoms with van der Waals surface area (Å²) in [6.07, 6.45) is 3.00. The molecule has 3 rings (SSSR count). The molecule has 0 saturated heterocycles. The van der Waals surface area contributed by atoms with Gasteiger partial charge in [0, 0.05) is 13.0 Å². The van der Waals surface area contributed by atoms with Gasteiger partial charge < -0.3 is 5.32 Å². The number of fused-ring (bicyclic) bond motifs is 1. The number of nitrogens with one attached hydrogen (secondary N) is 2. The van der Waals surface area contributed by atoms with Crippen molar-refractivity contribution < 1.29 is 4.79 Å². The van der Waals surface area contributed by atoms with Gasteiger partial charge in [-0.3, -0.25) is 9.89 Å². The molecule has 1 aliphatic carbocycles. The monoisotopic (exact) mass is 242 g/mol. The first-order valence-corrected chi connectivity index (χ1v) is 6.04. The van der Waals surface area contributed by atoms with Crippen LogP contribution in [0.3, 0.4) is 0 Å². The van der Waals surface area contributed by atoms with Crippen LogP contribution in [0.5, 0.6) is 0 Å². The Morgan fingerprint density at radius 3 is 3.11 bits per heavy atom. The number of H-pyrrole nitrogens is 1. The molecule has 1 aromatic carbocycles. The van der Waals surface area contributed by atoms with Crippen molar-refractivity contribution in [2.75, 3.05) is 6.54 Å². The molecule has 1 atom stereocenters. The van der Waals surface area contributed by atoms with E-state index in [2.05, 4.69) is 26.6 Å². The molecular weight excluding hydrogens is 228 g/mol. The van der Waals surface area contributed by atoms with Crippen LogP contribution >= 0.6 is 0 Å². The second-order valence-corrected chi connectivity index (χ2v) is 4.43. The average Bonchev–Trinajstić information content (AvgIpc) is 2.84. The topological polar surface area (TPSA) is 70.7 Å². The van der Waals surface area contributed by atoms with E-state index in [1.807, 2.05) is 18.2 Å². The van der Waals surface area contributed by atoms with Crippen LogP contribution in [-0.4, -0.2) is 27.6 Å². The first-order valence-electron chi connectivity index (χ1n) is 6.04. The molecule has 0 spiro atoms. The summed E-state index contributed by atoms with van der Waals surface area (Å²) in [5.74, 6) is 0.924. The first-order chi connectivity index (χ1) is 8.84. The second-order valence-electron chi connectivity index (χ2n) is 4.43. The minimum Gasteiger partial charge on any atom is -0.355 e. The Hall–Kier alpha value is -2.17. The zero-order valence-electron chi connectivity index (χ0n) is 9.89. The number of amides is 1. The Morgan fingerprint density at radius 2 is 2.33 bits per heavy atom. The number of nitrogens with zero attached hydrogens (tertiary/aromatic N) is 2. The summed E-state index contributed by atoms with van der Waals surface area (Å²) in [4.78, 5) is 16.0. The predicted molar refractivity (Wildman–Crippen MR) is 66.0 cm³/mol. The quantitative estimate of drug-likeness (QED) is 0.833. The summed E-state index contributed by atoms with van der Waals surface area (Å²) < 4.78 is 0. The molecule has 92 valence electrons. The molecule has 0 fully saturated rings. The van der Waals surface area contributed by atoms with E-state index in [1.165, 1.54) is 11.9 Å². The Labute approximate surface area is 105 Å². The van der Waals surface area contributed by atoms with Gasteiger partial charge in [-0.15, -0.1) is 0 Å². The summed E-state index contributed by atoms with van der Waals surface area (Å²) in [5, 5.41) is 9.47. The molecule has 1 unspecified atom stereocenters. The number of carbonyl (C=O) groups excluding carboxylic acids is 1. The van der Waals surface area contributed by atoms with Crippen molar-refractivity contribution >= 4 is 5.91 Å². The SMILES string of the molecule is O=C(NCCc1ncn[nH]1)C1Cc2ccccc21. The highest BCUT2D eigenvalue weighted by atomic mass is 16.1. The van der Waals surface area contributed by atoms with Gasteiger partial charge in [-0.05, 0) is 17.5 Å². The molecule has 1 heterocycles. The van der Waals surface area contributed by atoms with Crippen LogP contribution in [0, 0.1) is 0 Å². The highest BCUT2D eigenvalue weighted by molar-refractivity contribution is 5.86. The zero-order chi connectivity index (χ0) is 12.4. The van der Waals surface area contributed by atoms with Gasteiger partial charge in [0.2, 0.25) is 5.91 Å². The van der Waals surface area contributed by atoms with Crippen molar-refractivity contribution in [3.8, 4) is 0 Å². The molecule has 1 aliphatic rings. The van der Waals surface area contributed by atoms with E-state index in [9.17, 15) is 4.79 Å². The number of carbonyl (C=O) groups is 1. The highest BCUT2D eigenvalue weighted by Gasteiger charge is 2.31. The Bertz CT molecular complexity index is 550. The van der Waals surface area contributed by atoms with E-state index in [4.69, 9.17) is 0 Å². The standard InChI is InChI=1S/C13H14N4O/c18-13(14-6-5-12-15-8-16-17-12)11-7-9-3-1-2-4-10(9)11/h1-4,8,11H,5-7H2,(H,14,18)(H,15,16,17). The lowest BCUT2D eigenvalue weighted by molar-refractivity contribution is -0.123. The molecule has 1 aromatic heterocycles. The summed E-state index contributed by atoms with van der Waals surface area (Å²) >= 11 is 0. The fourth-order valence-corrected chi connectivity index (χ4v) is 2.27. The molecule has 0 radical (unpaired) electrons. The average molecular weight is 242 g/mol. The third kappa shape index (κ3) is 1.99. The maximum atomic E-state index is 12.0. The number of aromatic nitrogens is 3. The Morgan fingerprint density at radius 1 is 1.44 bits per heavy atom. The van der Waals surface area contributed by atoms with E-state index >= 15 is 0 Å². The summed E-state index contributed by atoms with van der Waals surface area (Å²) in [6.45, 7) is 0.590. The third-order valence-electron chi connectivity index (χ3n) is 3.30. The first kappa shape index (κ1) is 11.0. The molecule has 0 bridgehead atoms. The van der Waals surface area contributed by atoms with Gasteiger partial charge in [0.25, 0.3) is 0 Å². The molecule has 0 saturated carbocycles. The Kier molecular flexibility index (Phi) is 2.80. The number of hydrogen-bond donors (Lipinski definition) is 2. The van der Waals surface area contributed by atoms with Gasteiger partial charge >= 0.3 is 0 Å². The van der Waals surface area contributed by atoms with Gasteiger partial charge in [-0.1, -0.05) is 24.3 Å². The molecule has 18 heavy (non-hydrogen) atoms. The van der Waals surface area contributed by atoms with Gasteiger partial charge in [0.15, 0.2) is 0 Å². The maximum absolute atomic E-state index is 12.0. The van der Waals surface area contributed by atoms with Crippen LogP contribution in [0.2, 0.25) is 0 Å². The lowest BCUT2D eigenvalue weighted by atomic mass is 9.77. The van der Waals surface area contributed by atoms with Gasteiger partial charge in [0.05, 0.1) is 5.92 Å². The van der Waals surface area contributed by atoms with Crippen molar-refractivity contribution in [1.82, 2.24) is 20.5 Å². The highest BCUT2D eigenvalue weighted by Crippen LogP contribution is 2.34. The fraction of sp³-hybridized carbons (Fsp3) is 0.308. The minimum atomic E-state index is 0.0240. The fourth-order valence-electron chi connectivity index (χ4n) is 2.27. The van der Waals surface area contributed by atoms with Crippen molar-refractivity contribution in [1.29, 1.82) is 0 Å². The van der Waals surface area contributed by atoms with Crippen LogP contribution in [0.1, 0.15) is 22.9 Å². The van der Waals surface area contributed by atoms with Crippen LogP contribution in [0.4, 0.5) is 0 Å². The molecule has 2 aromatic rings. The van der Waals surface area contributed by atoms with E-state index < -0.39 is 0 Å². The lowest BCUT2D eigenvalue weighted by Crippen LogP contribution is -2.36. The van der Waals surface area contributed by atoms with E-state index in [0.29, 0.717) is 13.0 Å². The number of rotatable bonds is 4. The molecule has 1 amide bonds. The van der Waals surface area contributed by atoms with Crippen LogP contribution in [0.15, 0.2) is 30.6 Å². The summed E-state index contributed by atoms with van der Waals surface area (Å²) in [5.41, 5.74) is 2.45. The number of hydrogen-bond acceptors (Lipinski definition) is 3. The van der Waals surface area contributed by atoms with Crippen molar-refractivity contribution in [2.45, 2.75) is 18.8 Å². The van der Waals surface area contributed by atoms with Gasteiger partial charge in [0.1, 0.15) is 12.2 Å². The third-order valence-corrected chi connectivity index (χ3v) is 3.30.